The van der Waals surface area contributed by atoms with Gasteiger partial charge in [-0.25, -0.2) is 4.98 Å². The summed E-state index contributed by atoms with van der Waals surface area (Å²) in [6, 6.07) is 3.81. The lowest BCUT2D eigenvalue weighted by atomic mass is 10.1. The van der Waals surface area contributed by atoms with Gasteiger partial charge in [0.15, 0.2) is 0 Å². The van der Waals surface area contributed by atoms with Gasteiger partial charge in [0.05, 0.1) is 11.8 Å². The first-order valence-corrected chi connectivity index (χ1v) is 8.33. The summed E-state index contributed by atoms with van der Waals surface area (Å²) in [4.78, 5) is 21.6. The lowest BCUT2D eigenvalue weighted by Crippen LogP contribution is -2.35. The van der Waals surface area contributed by atoms with E-state index < -0.39 is 0 Å². The molecule has 116 valence electrons. The van der Waals surface area contributed by atoms with E-state index in [0.717, 1.165) is 35.7 Å². The summed E-state index contributed by atoms with van der Waals surface area (Å²) < 4.78 is 5.63. The Morgan fingerprint density at radius 3 is 3.14 bits per heavy atom. The minimum atomic E-state index is -0.0701. The van der Waals surface area contributed by atoms with Gasteiger partial charge in [-0.05, 0) is 38.3 Å². The first kappa shape index (κ1) is 15.1. The van der Waals surface area contributed by atoms with E-state index in [2.05, 4.69) is 15.3 Å². The van der Waals surface area contributed by atoms with Gasteiger partial charge in [-0.3, -0.25) is 9.78 Å². The van der Waals surface area contributed by atoms with Crippen LogP contribution in [0.3, 0.4) is 0 Å². The summed E-state index contributed by atoms with van der Waals surface area (Å²) in [5.41, 5.74) is 1.69. The van der Waals surface area contributed by atoms with Crippen LogP contribution in [0.25, 0.3) is 10.6 Å². The number of nitrogens with one attached hydrogen (secondary N) is 1. The maximum atomic E-state index is 12.3. The molecular formula is C16H19N3O2S. The van der Waals surface area contributed by atoms with Crippen molar-refractivity contribution < 1.29 is 9.53 Å². The van der Waals surface area contributed by atoms with Crippen LogP contribution in [0.4, 0.5) is 0 Å². The number of hydrogen-bond donors (Lipinski definition) is 1. The Morgan fingerprint density at radius 1 is 1.50 bits per heavy atom. The molecule has 3 heterocycles. The first-order valence-electron chi connectivity index (χ1n) is 7.51. The molecule has 2 aromatic rings. The molecule has 1 unspecified atom stereocenters. The number of pyridine rings is 1. The highest BCUT2D eigenvalue weighted by Crippen LogP contribution is 2.27. The summed E-state index contributed by atoms with van der Waals surface area (Å²) in [6.45, 7) is 3.23. The van der Waals surface area contributed by atoms with Crippen LogP contribution in [-0.4, -0.2) is 35.1 Å². The van der Waals surface area contributed by atoms with Crippen molar-refractivity contribution in [3.05, 3.63) is 35.1 Å². The monoisotopic (exact) mass is 317 g/mol. The Kier molecular flexibility index (Phi) is 4.80. The number of aryl methyl sites for hydroxylation is 1. The Labute approximate surface area is 133 Å². The molecule has 0 aromatic carbocycles. The van der Waals surface area contributed by atoms with Crippen LogP contribution in [0, 0.1) is 6.92 Å². The van der Waals surface area contributed by atoms with Gasteiger partial charge in [-0.15, -0.1) is 11.3 Å². The van der Waals surface area contributed by atoms with Crippen LogP contribution in [0.2, 0.25) is 0 Å². The fraction of sp³-hybridized carbons (Fsp3) is 0.438. The molecule has 3 rings (SSSR count). The second-order valence-electron chi connectivity index (χ2n) is 5.37. The zero-order chi connectivity index (χ0) is 15.4. The zero-order valence-corrected chi connectivity index (χ0v) is 13.4. The van der Waals surface area contributed by atoms with Crippen LogP contribution >= 0.6 is 11.3 Å². The van der Waals surface area contributed by atoms with E-state index in [-0.39, 0.29) is 12.0 Å². The van der Waals surface area contributed by atoms with E-state index in [4.69, 9.17) is 4.74 Å². The highest BCUT2D eigenvalue weighted by atomic mass is 32.1. The number of hydrogen-bond acceptors (Lipinski definition) is 5. The number of aromatic nitrogens is 2. The normalized spacial score (nSPS) is 18.1. The number of carbonyl (C=O) groups is 1. The van der Waals surface area contributed by atoms with E-state index >= 15 is 0 Å². The van der Waals surface area contributed by atoms with E-state index in [0.29, 0.717) is 11.4 Å². The Bertz CT molecular complexity index is 636. The van der Waals surface area contributed by atoms with E-state index in [9.17, 15) is 4.79 Å². The van der Waals surface area contributed by atoms with Gasteiger partial charge in [-0.2, -0.15) is 0 Å². The average molecular weight is 317 g/mol. The largest absolute Gasteiger partial charge is 0.376 e. The molecule has 1 aliphatic heterocycles. The second-order valence-corrected chi connectivity index (χ2v) is 6.37. The van der Waals surface area contributed by atoms with Crippen molar-refractivity contribution in [3.8, 4) is 10.6 Å². The van der Waals surface area contributed by atoms with E-state index in [1.807, 2.05) is 19.1 Å². The number of carbonyl (C=O) groups excluding carboxylic acids is 1. The van der Waals surface area contributed by atoms with Crippen LogP contribution < -0.4 is 5.32 Å². The zero-order valence-electron chi connectivity index (χ0n) is 12.5. The molecule has 0 spiro atoms. The third-order valence-electron chi connectivity index (χ3n) is 3.68. The lowest BCUT2D eigenvalue weighted by molar-refractivity contribution is 0.0169. The second kappa shape index (κ2) is 6.98. The third kappa shape index (κ3) is 3.51. The highest BCUT2D eigenvalue weighted by Gasteiger charge is 2.19. The molecule has 0 bridgehead atoms. The predicted octanol–water partition coefficient (Wildman–Crippen LogP) is 2.81. The molecule has 6 heteroatoms. The van der Waals surface area contributed by atoms with Crippen molar-refractivity contribution in [2.45, 2.75) is 32.3 Å². The van der Waals surface area contributed by atoms with Gasteiger partial charge in [0.25, 0.3) is 5.91 Å². The van der Waals surface area contributed by atoms with Crippen molar-refractivity contribution in [2.24, 2.45) is 0 Å². The van der Waals surface area contributed by atoms with Gasteiger partial charge in [0.2, 0.25) is 0 Å². The molecule has 5 nitrogen and oxygen atoms in total. The van der Waals surface area contributed by atoms with Crippen molar-refractivity contribution >= 4 is 17.2 Å². The summed E-state index contributed by atoms with van der Waals surface area (Å²) in [6.07, 6.45) is 6.93. The van der Waals surface area contributed by atoms with Crippen LogP contribution in [-0.2, 0) is 4.74 Å². The predicted molar refractivity (Wildman–Crippen MR) is 86.0 cm³/mol. The summed E-state index contributed by atoms with van der Waals surface area (Å²) in [7, 11) is 0. The molecule has 0 saturated carbocycles. The molecule has 1 amide bonds. The fourth-order valence-electron chi connectivity index (χ4n) is 2.48. The number of ether oxygens (including phenoxy) is 1. The number of amides is 1. The molecular weight excluding hydrogens is 298 g/mol. The van der Waals surface area contributed by atoms with Gasteiger partial charge in [-0.1, -0.05) is 0 Å². The Balaban J connectivity index is 1.66. The van der Waals surface area contributed by atoms with Crippen LogP contribution in [0.1, 0.15) is 34.6 Å². The Hall–Kier alpha value is -1.79. The van der Waals surface area contributed by atoms with Gasteiger partial charge >= 0.3 is 0 Å². The average Bonchev–Trinajstić information content (AvgIpc) is 2.96. The third-order valence-corrected chi connectivity index (χ3v) is 4.88. The Morgan fingerprint density at radius 2 is 2.41 bits per heavy atom. The van der Waals surface area contributed by atoms with Crippen molar-refractivity contribution in [3.63, 3.8) is 0 Å². The number of rotatable bonds is 4. The highest BCUT2D eigenvalue weighted by molar-refractivity contribution is 7.17. The van der Waals surface area contributed by atoms with Gasteiger partial charge < -0.3 is 10.1 Å². The molecule has 1 atom stereocenters. The van der Waals surface area contributed by atoms with Crippen molar-refractivity contribution in [1.82, 2.24) is 15.3 Å². The van der Waals surface area contributed by atoms with E-state index in [1.54, 1.807) is 12.4 Å². The SMILES string of the molecule is Cc1nc(-c2cccnc2)sc1C(=O)NCC1CCCCO1. The fourth-order valence-corrected chi connectivity index (χ4v) is 3.45. The van der Waals surface area contributed by atoms with Gasteiger partial charge in [0.1, 0.15) is 9.88 Å². The molecule has 1 N–H and O–H groups in total. The van der Waals surface area contributed by atoms with Gasteiger partial charge in [0, 0.05) is 31.1 Å². The lowest BCUT2D eigenvalue weighted by Gasteiger charge is -2.22. The summed E-state index contributed by atoms with van der Waals surface area (Å²) >= 11 is 1.40. The molecule has 22 heavy (non-hydrogen) atoms. The minimum Gasteiger partial charge on any atom is -0.376 e. The molecule has 1 fully saturated rings. The summed E-state index contributed by atoms with van der Waals surface area (Å²) in [5, 5.41) is 3.79. The molecule has 0 aliphatic carbocycles. The molecule has 2 aromatic heterocycles. The standard InChI is InChI=1S/C16H19N3O2S/c1-11-14(15(20)18-10-13-6-2-3-8-21-13)22-16(19-11)12-5-4-7-17-9-12/h4-5,7,9,13H,2-3,6,8,10H2,1H3,(H,18,20). The smallest absolute Gasteiger partial charge is 0.263 e. The minimum absolute atomic E-state index is 0.0701. The molecule has 1 saturated heterocycles. The van der Waals surface area contributed by atoms with E-state index in [1.165, 1.54) is 17.8 Å². The van der Waals surface area contributed by atoms with Crippen LogP contribution in [0.15, 0.2) is 24.5 Å². The number of nitrogens with zero attached hydrogens (tertiary/aromatic N) is 2. The maximum Gasteiger partial charge on any atom is 0.263 e. The molecule has 1 aliphatic rings. The molecule has 0 radical (unpaired) electrons. The van der Waals surface area contributed by atoms with Crippen LogP contribution in [0.5, 0.6) is 0 Å². The number of thiazole rings is 1. The van der Waals surface area contributed by atoms with Crippen molar-refractivity contribution in [1.29, 1.82) is 0 Å². The quantitative estimate of drug-likeness (QED) is 0.942. The maximum absolute atomic E-state index is 12.3. The van der Waals surface area contributed by atoms with Crippen molar-refractivity contribution in [2.75, 3.05) is 13.2 Å². The summed E-state index contributed by atoms with van der Waals surface area (Å²) in [5.74, 6) is -0.0701. The topological polar surface area (TPSA) is 64.1 Å². The first-order chi connectivity index (χ1) is 10.7.